The molecule has 0 spiro atoms. The number of aliphatic imine (C=N–C) groups is 1. The van der Waals surface area contributed by atoms with Crippen molar-refractivity contribution in [3.05, 3.63) is 34.9 Å². The van der Waals surface area contributed by atoms with E-state index < -0.39 is 0 Å². The lowest BCUT2D eigenvalue weighted by atomic mass is 9.96. The van der Waals surface area contributed by atoms with Crippen molar-refractivity contribution in [3.8, 4) is 0 Å². The van der Waals surface area contributed by atoms with Crippen LogP contribution in [-0.2, 0) is 11.3 Å². The Morgan fingerprint density at radius 3 is 2.70 bits per heavy atom. The quantitative estimate of drug-likeness (QED) is 0.576. The third-order valence-electron chi connectivity index (χ3n) is 5.32. The first-order valence-corrected chi connectivity index (χ1v) is 11.3. The molecule has 1 N–H and O–H groups in total. The standard InChI is InChI=1S/C20H31ClN4OS/c1-3-22-19(24(2)14-17-4-6-18(21)7-5-17)23-15-20(8-13-27-16-20)25-9-11-26-12-10-25/h4-7H,3,8-16H2,1-2H3,(H,22,23). The second kappa shape index (κ2) is 10.0. The highest BCUT2D eigenvalue weighted by molar-refractivity contribution is 7.99. The summed E-state index contributed by atoms with van der Waals surface area (Å²) in [6.45, 7) is 8.35. The molecule has 0 bridgehead atoms. The fourth-order valence-corrected chi connectivity index (χ4v) is 5.33. The van der Waals surface area contributed by atoms with Crippen LogP contribution >= 0.6 is 23.4 Å². The molecule has 0 saturated carbocycles. The van der Waals surface area contributed by atoms with Crippen molar-refractivity contribution in [2.45, 2.75) is 25.4 Å². The monoisotopic (exact) mass is 410 g/mol. The summed E-state index contributed by atoms with van der Waals surface area (Å²) in [5.74, 6) is 3.36. The molecule has 2 fully saturated rings. The van der Waals surface area contributed by atoms with Crippen molar-refractivity contribution in [2.75, 3.05) is 57.9 Å². The Kier molecular flexibility index (Phi) is 7.70. The molecule has 7 heteroatoms. The van der Waals surface area contributed by atoms with E-state index in [-0.39, 0.29) is 5.54 Å². The number of rotatable bonds is 6. The second-order valence-corrected chi connectivity index (χ2v) is 8.82. The van der Waals surface area contributed by atoms with Gasteiger partial charge in [0, 0.05) is 44.0 Å². The van der Waals surface area contributed by atoms with E-state index in [0.717, 1.165) is 62.7 Å². The zero-order valence-corrected chi connectivity index (χ0v) is 18.0. The van der Waals surface area contributed by atoms with Gasteiger partial charge in [-0.15, -0.1) is 0 Å². The van der Waals surface area contributed by atoms with Gasteiger partial charge >= 0.3 is 0 Å². The van der Waals surface area contributed by atoms with Gasteiger partial charge < -0.3 is 15.0 Å². The molecule has 27 heavy (non-hydrogen) atoms. The molecule has 0 aliphatic carbocycles. The summed E-state index contributed by atoms with van der Waals surface area (Å²) in [6.07, 6.45) is 1.21. The number of thioether (sulfide) groups is 1. The molecule has 1 unspecified atom stereocenters. The maximum absolute atomic E-state index is 6.01. The molecular formula is C20H31ClN4OS. The summed E-state index contributed by atoms with van der Waals surface area (Å²) in [5.41, 5.74) is 1.41. The Bertz CT molecular complexity index is 613. The van der Waals surface area contributed by atoms with E-state index in [0.29, 0.717) is 0 Å². The van der Waals surface area contributed by atoms with Gasteiger partial charge in [0.05, 0.1) is 25.3 Å². The van der Waals surface area contributed by atoms with Crippen molar-refractivity contribution in [2.24, 2.45) is 4.99 Å². The lowest BCUT2D eigenvalue weighted by molar-refractivity contribution is -0.0105. The molecule has 2 aliphatic rings. The number of nitrogens with zero attached hydrogens (tertiary/aromatic N) is 3. The van der Waals surface area contributed by atoms with Crippen LogP contribution < -0.4 is 5.32 Å². The van der Waals surface area contributed by atoms with Crippen LogP contribution in [0, 0.1) is 0 Å². The average Bonchev–Trinajstić information content (AvgIpc) is 3.18. The third kappa shape index (κ3) is 5.53. The van der Waals surface area contributed by atoms with E-state index in [4.69, 9.17) is 21.3 Å². The fraction of sp³-hybridized carbons (Fsp3) is 0.650. The van der Waals surface area contributed by atoms with E-state index in [1.54, 1.807) is 0 Å². The van der Waals surface area contributed by atoms with Crippen LogP contribution in [0.3, 0.4) is 0 Å². The number of nitrogens with one attached hydrogen (secondary N) is 1. The van der Waals surface area contributed by atoms with Gasteiger partial charge in [0.1, 0.15) is 0 Å². The van der Waals surface area contributed by atoms with E-state index in [2.05, 4.69) is 53.0 Å². The van der Waals surface area contributed by atoms with Crippen LogP contribution in [0.2, 0.25) is 5.02 Å². The SMILES string of the molecule is CCNC(=NCC1(N2CCOCC2)CCSC1)N(C)Cc1ccc(Cl)cc1. The van der Waals surface area contributed by atoms with Gasteiger partial charge in [0.25, 0.3) is 0 Å². The third-order valence-corrected chi connectivity index (χ3v) is 6.80. The summed E-state index contributed by atoms with van der Waals surface area (Å²) in [6, 6.07) is 8.03. The van der Waals surface area contributed by atoms with E-state index in [1.165, 1.54) is 17.7 Å². The number of ether oxygens (including phenoxy) is 1. The lowest BCUT2D eigenvalue weighted by Gasteiger charge is -2.42. The molecule has 2 aliphatic heterocycles. The first kappa shape index (κ1) is 20.8. The Morgan fingerprint density at radius 1 is 1.33 bits per heavy atom. The number of hydrogen-bond acceptors (Lipinski definition) is 4. The highest BCUT2D eigenvalue weighted by atomic mass is 35.5. The molecule has 0 radical (unpaired) electrons. The van der Waals surface area contributed by atoms with Gasteiger partial charge in [0.15, 0.2) is 5.96 Å². The van der Waals surface area contributed by atoms with Crippen molar-refractivity contribution in [3.63, 3.8) is 0 Å². The van der Waals surface area contributed by atoms with Crippen molar-refractivity contribution in [1.29, 1.82) is 0 Å². The Labute approximate surface area is 172 Å². The van der Waals surface area contributed by atoms with Gasteiger partial charge in [-0.2, -0.15) is 11.8 Å². The molecule has 3 rings (SSSR count). The van der Waals surface area contributed by atoms with Gasteiger partial charge in [-0.1, -0.05) is 23.7 Å². The maximum Gasteiger partial charge on any atom is 0.194 e. The minimum absolute atomic E-state index is 0.177. The van der Waals surface area contributed by atoms with E-state index in [1.807, 2.05) is 12.1 Å². The predicted molar refractivity (Wildman–Crippen MR) is 116 cm³/mol. The zero-order chi connectivity index (χ0) is 19.1. The molecule has 1 atom stereocenters. The fourth-order valence-electron chi connectivity index (χ4n) is 3.74. The van der Waals surface area contributed by atoms with Crippen LogP contribution in [0.15, 0.2) is 29.3 Å². The first-order valence-electron chi connectivity index (χ1n) is 9.77. The summed E-state index contributed by atoms with van der Waals surface area (Å²) < 4.78 is 5.57. The molecule has 150 valence electrons. The average molecular weight is 411 g/mol. The molecule has 5 nitrogen and oxygen atoms in total. The Hall–Kier alpha value is -0.950. The molecule has 0 amide bonds. The number of benzene rings is 1. The van der Waals surface area contributed by atoms with Gasteiger partial charge in [-0.3, -0.25) is 9.89 Å². The van der Waals surface area contributed by atoms with Crippen molar-refractivity contribution >= 4 is 29.3 Å². The van der Waals surface area contributed by atoms with Crippen LogP contribution in [-0.4, -0.2) is 79.2 Å². The van der Waals surface area contributed by atoms with E-state index in [9.17, 15) is 0 Å². The van der Waals surface area contributed by atoms with Crippen LogP contribution in [0.4, 0.5) is 0 Å². The molecule has 0 aromatic heterocycles. The van der Waals surface area contributed by atoms with Crippen LogP contribution in [0.5, 0.6) is 0 Å². The Balaban J connectivity index is 1.70. The molecular weight excluding hydrogens is 380 g/mol. The Morgan fingerprint density at radius 2 is 2.07 bits per heavy atom. The summed E-state index contributed by atoms with van der Waals surface area (Å²) in [7, 11) is 2.10. The number of guanidine groups is 1. The zero-order valence-electron chi connectivity index (χ0n) is 16.4. The van der Waals surface area contributed by atoms with Crippen LogP contribution in [0.25, 0.3) is 0 Å². The molecule has 2 saturated heterocycles. The number of halogens is 1. The van der Waals surface area contributed by atoms with Gasteiger partial charge in [-0.25, -0.2) is 0 Å². The number of hydrogen-bond donors (Lipinski definition) is 1. The topological polar surface area (TPSA) is 40.1 Å². The smallest absolute Gasteiger partial charge is 0.194 e. The highest BCUT2D eigenvalue weighted by Crippen LogP contribution is 2.34. The summed E-state index contributed by atoms with van der Waals surface area (Å²) >= 11 is 8.06. The molecule has 1 aromatic rings. The molecule has 1 aromatic carbocycles. The first-order chi connectivity index (χ1) is 13.1. The largest absolute Gasteiger partial charge is 0.379 e. The number of morpholine rings is 1. The minimum atomic E-state index is 0.177. The van der Waals surface area contributed by atoms with E-state index >= 15 is 0 Å². The molecule has 2 heterocycles. The highest BCUT2D eigenvalue weighted by Gasteiger charge is 2.40. The summed E-state index contributed by atoms with van der Waals surface area (Å²) in [4.78, 5) is 9.88. The summed E-state index contributed by atoms with van der Waals surface area (Å²) in [5, 5.41) is 4.23. The predicted octanol–water partition coefficient (Wildman–Crippen LogP) is 2.95. The minimum Gasteiger partial charge on any atom is -0.379 e. The second-order valence-electron chi connectivity index (χ2n) is 7.28. The maximum atomic E-state index is 6.01. The van der Waals surface area contributed by atoms with Crippen LogP contribution in [0.1, 0.15) is 18.9 Å². The van der Waals surface area contributed by atoms with Gasteiger partial charge in [0.2, 0.25) is 0 Å². The van der Waals surface area contributed by atoms with Crippen molar-refractivity contribution in [1.82, 2.24) is 15.1 Å². The van der Waals surface area contributed by atoms with Crippen molar-refractivity contribution < 1.29 is 4.74 Å². The van der Waals surface area contributed by atoms with Gasteiger partial charge in [-0.05, 0) is 36.8 Å². The normalized spacial score (nSPS) is 24.2. The lowest BCUT2D eigenvalue weighted by Crippen LogP contribution is -2.56.